The van der Waals surface area contributed by atoms with Crippen molar-refractivity contribution in [1.82, 2.24) is 0 Å². The number of hydrogen-bond donors (Lipinski definition) is 6. The van der Waals surface area contributed by atoms with Gasteiger partial charge in [0.15, 0.2) is 0 Å². The lowest BCUT2D eigenvalue weighted by Gasteiger charge is -2.26. The lowest BCUT2D eigenvalue weighted by molar-refractivity contribution is -0.0996. The van der Waals surface area contributed by atoms with Gasteiger partial charge in [0.1, 0.15) is 35.9 Å². The maximum Gasteiger partial charge on any atom is 0.139 e. The maximum atomic E-state index is 10.0. The molecule has 6 nitrogen and oxygen atoms in total. The first kappa shape index (κ1) is 19.7. The molecule has 0 aliphatic carbocycles. The Morgan fingerprint density at radius 3 is 1.19 bits per heavy atom. The summed E-state index contributed by atoms with van der Waals surface area (Å²) in [5, 5.41) is 59.9. The Hall–Kier alpha value is -2.64. The minimum absolute atomic E-state index is 0.582. The molecule has 2 aromatic rings. The van der Waals surface area contributed by atoms with Gasteiger partial charge in [-0.1, -0.05) is 60.7 Å². The van der Waals surface area contributed by atoms with Crippen LogP contribution in [0.3, 0.4) is 0 Å². The molecule has 6 N–H and O–H groups in total. The van der Waals surface area contributed by atoms with E-state index in [0.717, 1.165) is 0 Å². The summed E-state index contributed by atoms with van der Waals surface area (Å²) in [5.41, 5.74) is 1.16. The fourth-order valence-corrected chi connectivity index (χ4v) is 2.33. The minimum atomic E-state index is -1.92. The Bertz CT molecular complexity index is 676. The molecule has 2 rings (SSSR count). The van der Waals surface area contributed by atoms with E-state index in [1.165, 1.54) is 12.2 Å². The Labute approximate surface area is 151 Å². The molecule has 0 heterocycles. The molecule has 0 aliphatic heterocycles. The summed E-state index contributed by atoms with van der Waals surface area (Å²) >= 11 is 0. The van der Waals surface area contributed by atoms with E-state index in [-0.39, 0.29) is 0 Å². The Morgan fingerprint density at radius 1 is 0.577 bits per heavy atom. The van der Waals surface area contributed by atoms with Crippen molar-refractivity contribution in [2.45, 2.75) is 24.4 Å². The van der Waals surface area contributed by atoms with Gasteiger partial charge < -0.3 is 30.6 Å². The molecule has 6 heteroatoms. The quantitative estimate of drug-likeness (QED) is 0.419. The smallest absolute Gasteiger partial charge is 0.139 e. The predicted octanol–water partition coefficient (Wildman–Crippen LogP) is 1.63. The van der Waals surface area contributed by atoms with Crippen LogP contribution in [-0.2, 0) is 0 Å². The van der Waals surface area contributed by atoms with Gasteiger partial charge in [0, 0.05) is 0 Å². The van der Waals surface area contributed by atoms with Crippen LogP contribution in [0.15, 0.2) is 72.2 Å². The fourth-order valence-electron chi connectivity index (χ4n) is 2.33. The summed E-state index contributed by atoms with van der Waals surface area (Å²) in [6.45, 7) is 0. The highest BCUT2D eigenvalue weighted by Gasteiger charge is 2.34. The number of benzene rings is 2. The van der Waals surface area contributed by atoms with E-state index in [2.05, 4.69) is 0 Å². The molecular formula is C20H22O6. The third-order valence-electron chi connectivity index (χ3n) is 3.83. The van der Waals surface area contributed by atoms with Crippen molar-refractivity contribution in [3.05, 3.63) is 83.3 Å². The number of aliphatic hydroxyl groups excluding tert-OH is 6. The van der Waals surface area contributed by atoms with Crippen LogP contribution in [0.5, 0.6) is 0 Å². The molecule has 0 aromatic heterocycles. The van der Waals surface area contributed by atoms with E-state index in [1.807, 2.05) is 0 Å². The summed E-state index contributed by atoms with van der Waals surface area (Å²) < 4.78 is 0. The molecule has 0 spiro atoms. The molecule has 4 atom stereocenters. The van der Waals surface area contributed by atoms with Crippen molar-refractivity contribution in [2.24, 2.45) is 0 Å². The zero-order valence-electron chi connectivity index (χ0n) is 13.9. The zero-order chi connectivity index (χ0) is 19.1. The molecule has 138 valence electrons. The molecule has 26 heavy (non-hydrogen) atoms. The van der Waals surface area contributed by atoms with Gasteiger partial charge in [-0.05, 0) is 23.3 Å². The largest absolute Gasteiger partial charge is 0.509 e. The highest BCUT2D eigenvalue weighted by Crippen LogP contribution is 2.17. The Kier molecular flexibility index (Phi) is 6.94. The summed E-state index contributed by atoms with van der Waals surface area (Å²) in [6.07, 6.45) is -5.07. The van der Waals surface area contributed by atoms with Crippen LogP contribution in [0.4, 0.5) is 0 Å². The molecule has 0 radical (unpaired) electrons. The average Bonchev–Trinajstić information content (AvgIpc) is 2.67. The second-order valence-electron chi connectivity index (χ2n) is 5.83. The van der Waals surface area contributed by atoms with Crippen LogP contribution in [0, 0.1) is 0 Å². The highest BCUT2D eigenvalue weighted by atomic mass is 16.4. The third kappa shape index (κ3) is 5.18. The third-order valence-corrected chi connectivity index (χ3v) is 3.83. The van der Waals surface area contributed by atoms with E-state index in [0.29, 0.717) is 11.1 Å². The average molecular weight is 358 g/mol. The van der Waals surface area contributed by atoms with Gasteiger partial charge in [-0.2, -0.15) is 0 Å². The van der Waals surface area contributed by atoms with Gasteiger partial charge in [0.2, 0.25) is 0 Å². The van der Waals surface area contributed by atoms with E-state index in [1.54, 1.807) is 60.7 Å². The molecule has 0 saturated heterocycles. The molecule has 0 bridgehead atoms. The number of hydrogen-bond acceptors (Lipinski definition) is 6. The van der Waals surface area contributed by atoms with Crippen LogP contribution in [0.25, 0.3) is 12.2 Å². The normalized spacial score (nSPS) is 17.4. The standard InChI is InChI=1S/C20H22O6/c21-15(11-13-7-3-1-4-8-13)17(23)19(25)20(26)18(24)16(22)12-14-9-5-2-6-10-14/h1-12,17-26H/t17-,18+,19+,20-. The van der Waals surface area contributed by atoms with Gasteiger partial charge in [-0.3, -0.25) is 0 Å². The zero-order valence-corrected chi connectivity index (χ0v) is 13.9. The lowest BCUT2D eigenvalue weighted by atomic mass is 9.99. The fraction of sp³-hybridized carbons (Fsp3) is 0.200. The van der Waals surface area contributed by atoms with Crippen molar-refractivity contribution >= 4 is 12.2 Å². The van der Waals surface area contributed by atoms with Crippen LogP contribution in [0.2, 0.25) is 0 Å². The van der Waals surface area contributed by atoms with Gasteiger partial charge in [-0.25, -0.2) is 0 Å². The Morgan fingerprint density at radius 2 is 0.885 bits per heavy atom. The monoisotopic (exact) mass is 358 g/mol. The predicted molar refractivity (Wildman–Crippen MR) is 98.1 cm³/mol. The topological polar surface area (TPSA) is 121 Å². The SMILES string of the molecule is OC(=Cc1ccccc1)[C@@H](O)[C@H](O)[C@H](O)[C@@H](O)C(O)=Cc1ccccc1. The molecule has 0 amide bonds. The van der Waals surface area contributed by atoms with Crippen molar-refractivity contribution in [3.8, 4) is 0 Å². The van der Waals surface area contributed by atoms with Crippen molar-refractivity contribution in [2.75, 3.05) is 0 Å². The molecule has 0 aliphatic rings. The van der Waals surface area contributed by atoms with Gasteiger partial charge in [-0.15, -0.1) is 0 Å². The highest BCUT2D eigenvalue weighted by molar-refractivity contribution is 5.52. The second-order valence-corrected chi connectivity index (χ2v) is 5.83. The van der Waals surface area contributed by atoms with E-state index < -0.39 is 35.9 Å². The van der Waals surface area contributed by atoms with Crippen LogP contribution in [-0.4, -0.2) is 55.1 Å². The minimum Gasteiger partial charge on any atom is -0.509 e. The summed E-state index contributed by atoms with van der Waals surface area (Å²) in [4.78, 5) is 0. The van der Waals surface area contributed by atoms with E-state index in [9.17, 15) is 30.6 Å². The lowest BCUT2D eigenvalue weighted by Crippen LogP contribution is -2.45. The van der Waals surface area contributed by atoms with Crippen molar-refractivity contribution in [1.29, 1.82) is 0 Å². The van der Waals surface area contributed by atoms with Crippen LogP contribution < -0.4 is 0 Å². The maximum absolute atomic E-state index is 10.0. The summed E-state index contributed by atoms with van der Waals surface area (Å²) in [6, 6.07) is 17.2. The Balaban J connectivity index is 2.08. The second kappa shape index (κ2) is 9.17. The van der Waals surface area contributed by atoms with E-state index >= 15 is 0 Å². The number of rotatable bonds is 7. The summed E-state index contributed by atoms with van der Waals surface area (Å²) in [5.74, 6) is -1.16. The van der Waals surface area contributed by atoms with Gasteiger partial charge in [0.25, 0.3) is 0 Å². The molecule has 0 saturated carbocycles. The molecule has 2 aromatic carbocycles. The van der Waals surface area contributed by atoms with Crippen LogP contribution >= 0.6 is 0 Å². The van der Waals surface area contributed by atoms with Crippen molar-refractivity contribution < 1.29 is 30.6 Å². The summed E-state index contributed by atoms with van der Waals surface area (Å²) in [7, 11) is 0. The first-order valence-corrected chi connectivity index (χ1v) is 8.03. The first-order valence-electron chi connectivity index (χ1n) is 8.03. The first-order chi connectivity index (χ1) is 12.4. The number of aliphatic hydroxyl groups is 6. The molecule has 0 fully saturated rings. The molecule has 0 unspecified atom stereocenters. The molecular weight excluding hydrogens is 336 g/mol. The van der Waals surface area contributed by atoms with Gasteiger partial charge in [0.05, 0.1) is 0 Å². The van der Waals surface area contributed by atoms with Crippen molar-refractivity contribution in [3.63, 3.8) is 0 Å². The van der Waals surface area contributed by atoms with Crippen LogP contribution in [0.1, 0.15) is 11.1 Å². The van der Waals surface area contributed by atoms with Gasteiger partial charge >= 0.3 is 0 Å². The van der Waals surface area contributed by atoms with E-state index in [4.69, 9.17) is 0 Å².